The lowest BCUT2D eigenvalue weighted by Crippen LogP contribution is -2.42. The number of ketones is 1. The molecule has 190 valence electrons. The molecule has 5 rings (SSSR count). The maximum Gasteiger partial charge on any atom is 0.244 e. The van der Waals surface area contributed by atoms with E-state index >= 15 is 0 Å². The number of nitrogens with zero attached hydrogens (tertiary/aromatic N) is 7. The maximum atomic E-state index is 13.4. The predicted octanol–water partition coefficient (Wildman–Crippen LogP) is 3.22. The largest absolute Gasteiger partial charge is 0.342 e. The molecular formula is C27H23ClN8O2. The highest BCUT2D eigenvalue weighted by atomic mass is 35.5. The summed E-state index contributed by atoms with van der Waals surface area (Å²) >= 11 is 6.17. The topological polar surface area (TPSA) is 120 Å². The molecule has 0 bridgehead atoms. The molecule has 1 atom stereocenters. The number of tetrazole rings is 1. The van der Waals surface area contributed by atoms with Crippen LogP contribution in [0, 0.1) is 6.92 Å². The first-order chi connectivity index (χ1) is 18.4. The van der Waals surface area contributed by atoms with Crippen LogP contribution in [-0.4, -0.2) is 52.5 Å². The third-order valence-electron chi connectivity index (χ3n) is 5.84. The Bertz CT molecular complexity index is 1610. The number of aryl methyl sites for hydroxylation is 1. The number of amides is 1. The summed E-state index contributed by atoms with van der Waals surface area (Å²) in [5.41, 5.74) is 3.89. The summed E-state index contributed by atoms with van der Waals surface area (Å²) in [6.45, 7) is 1.96. The molecule has 1 amide bonds. The molecule has 0 radical (unpaired) electrons. The lowest BCUT2D eigenvalue weighted by atomic mass is 10.00. The third kappa shape index (κ3) is 5.98. The number of nitrogens with one attached hydrogen (secondary N) is 1. The van der Waals surface area contributed by atoms with Gasteiger partial charge >= 0.3 is 0 Å². The summed E-state index contributed by atoms with van der Waals surface area (Å²) in [5.74, 6) is -0.227. The van der Waals surface area contributed by atoms with Crippen LogP contribution >= 0.6 is 11.6 Å². The molecule has 2 aromatic carbocycles. The molecule has 0 spiro atoms. The highest BCUT2D eigenvalue weighted by molar-refractivity contribution is 6.30. The maximum absolute atomic E-state index is 13.4. The third-order valence-corrected chi connectivity index (χ3v) is 6.08. The first-order valence-corrected chi connectivity index (χ1v) is 12.2. The van der Waals surface area contributed by atoms with Gasteiger partial charge in [0.25, 0.3) is 0 Å². The van der Waals surface area contributed by atoms with Gasteiger partial charge in [0.1, 0.15) is 6.33 Å². The fourth-order valence-corrected chi connectivity index (χ4v) is 4.19. The van der Waals surface area contributed by atoms with Crippen molar-refractivity contribution in [2.75, 3.05) is 0 Å². The van der Waals surface area contributed by atoms with Crippen molar-refractivity contribution in [3.8, 4) is 5.69 Å². The molecule has 1 N–H and O–H groups in total. The number of Topliss-reactive ketones (excluding diaryl/α,β-unsaturated/α-hetero) is 1. The van der Waals surface area contributed by atoms with Crippen LogP contribution in [0.4, 0.5) is 0 Å². The van der Waals surface area contributed by atoms with Crippen molar-refractivity contribution in [1.29, 1.82) is 0 Å². The summed E-state index contributed by atoms with van der Waals surface area (Å²) in [5, 5.41) is 19.0. The molecule has 3 aromatic heterocycles. The molecule has 0 aliphatic rings. The second-order valence-electron chi connectivity index (χ2n) is 8.72. The van der Waals surface area contributed by atoms with Crippen LogP contribution in [0.5, 0.6) is 0 Å². The molecule has 1 unspecified atom stereocenters. The molecule has 0 aliphatic carbocycles. The van der Waals surface area contributed by atoms with Crippen molar-refractivity contribution in [3.63, 3.8) is 0 Å². The van der Waals surface area contributed by atoms with Gasteiger partial charge in [0.15, 0.2) is 17.3 Å². The number of benzene rings is 2. The van der Waals surface area contributed by atoms with Gasteiger partial charge in [-0.1, -0.05) is 48.0 Å². The van der Waals surface area contributed by atoms with Gasteiger partial charge in [-0.25, -0.2) is 9.50 Å². The van der Waals surface area contributed by atoms with Gasteiger partial charge in [-0.05, 0) is 65.2 Å². The van der Waals surface area contributed by atoms with Crippen molar-refractivity contribution < 1.29 is 9.59 Å². The van der Waals surface area contributed by atoms with Gasteiger partial charge < -0.3 is 5.32 Å². The second-order valence-corrected chi connectivity index (χ2v) is 9.16. The van der Waals surface area contributed by atoms with Crippen LogP contribution in [-0.2, 0) is 22.4 Å². The summed E-state index contributed by atoms with van der Waals surface area (Å²) in [4.78, 5) is 30.8. The molecule has 38 heavy (non-hydrogen) atoms. The smallest absolute Gasteiger partial charge is 0.244 e. The Kier molecular flexibility index (Phi) is 7.32. The minimum atomic E-state index is -0.777. The minimum absolute atomic E-state index is 0.0139. The lowest BCUT2D eigenvalue weighted by molar-refractivity contribution is -0.125. The van der Waals surface area contributed by atoms with Crippen molar-refractivity contribution in [2.45, 2.75) is 25.8 Å². The Labute approximate surface area is 223 Å². The highest BCUT2D eigenvalue weighted by Crippen LogP contribution is 2.20. The number of hydrogen-bond donors (Lipinski definition) is 1. The highest BCUT2D eigenvalue weighted by Gasteiger charge is 2.22. The predicted molar refractivity (Wildman–Crippen MR) is 142 cm³/mol. The lowest BCUT2D eigenvalue weighted by Gasteiger charge is -2.16. The number of aromatic nitrogens is 7. The summed E-state index contributed by atoms with van der Waals surface area (Å²) in [6.07, 6.45) is 6.58. The van der Waals surface area contributed by atoms with Gasteiger partial charge in [-0.3, -0.25) is 9.59 Å². The molecule has 0 aliphatic heterocycles. The molecule has 3 heterocycles. The minimum Gasteiger partial charge on any atom is -0.342 e. The summed E-state index contributed by atoms with van der Waals surface area (Å²) in [6, 6.07) is 17.7. The number of rotatable bonds is 9. The van der Waals surface area contributed by atoms with E-state index in [0.717, 1.165) is 11.1 Å². The molecule has 0 fully saturated rings. The van der Waals surface area contributed by atoms with Gasteiger partial charge in [-0.15, -0.1) is 5.10 Å². The normalized spacial score (nSPS) is 12.2. The Morgan fingerprint density at radius 1 is 1.11 bits per heavy atom. The molecule has 0 saturated heterocycles. The first-order valence-electron chi connectivity index (χ1n) is 11.8. The first kappa shape index (κ1) is 25.0. The van der Waals surface area contributed by atoms with Crippen LogP contribution in [0.3, 0.4) is 0 Å². The summed E-state index contributed by atoms with van der Waals surface area (Å²) in [7, 11) is 0. The number of fused-ring (bicyclic) bond motifs is 1. The van der Waals surface area contributed by atoms with Crippen LogP contribution < -0.4 is 5.32 Å². The SMILES string of the molecule is Cc1ccc2nc(CC(=O)C(Cc3ccccc3)NC(=O)C=Cc3cc(Cl)ccc3-n3cnnn3)nn2c1. The zero-order valence-electron chi connectivity index (χ0n) is 20.4. The van der Waals surface area contributed by atoms with Crippen LogP contribution in [0.15, 0.2) is 79.3 Å². The van der Waals surface area contributed by atoms with Gasteiger partial charge in [0, 0.05) is 22.9 Å². The Balaban J connectivity index is 1.35. The van der Waals surface area contributed by atoms with E-state index in [0.29, 0.717) is 34.2 Å². The average molecular weight is 527 g/mol. The molecular weight excluding hydrogens is 504 g/mol. The van der Waals surface area contributed by atoms with E-state index in [-0.39, 0.29) is 12.2 Å². The fraction of sp³-hybridized carbons (Fsp3) is 0.148. The van der Waals surface area contributed by atoms with Crippen molar-refractivity contribution in [2.24, 2.45) is 0 Å². The van der Waals surface area contributed by atoms with Gasteiger partial charge in [-0.2, -0.15) is 9.78 Å². The number of carbonyl (C=O) groups is 2. The standard InChI is InChI=1S/C27H23ClN8O2/c1-18-7-11-26-31-25(32-35(26)16-18)15-24(37)22(13-19-5-3-2-4-6-19)30-27(38)12-8-20-14-21(28)9-10-23(20)36-17-29-33-34-36/h2-12,14,16-17,22H,13,15H2,1H3,(H,30,38). The van der Waals surface area contributed by atoms with Crippen molar-refractivity contribution in [1.82, 2.24) is 40.1 Å². The number of halogens is 1. The number of carbonyl (C=O) groups excluding carboxylic acids is 2. The molecule has 10 nitrogen and oxygen atoms in total. The van der Waals surface area contributed by atoms with Crippen molar-refractivity contribution >= 4 is 35.0 Å². The Morgan fingerprint density at radius 3 is 2.74 bits per heavy atom. The van der Waals surface area contributed by atoms with Crippen LogP contribution in [0.1, 0.15) is 22.5 Å². The van der Waals surface area contributed by atoms with E-state index in [1.807, 2.05) is 55.6 Å². The van der Waals surface area contributed by atoms with Gasteiger partial charge in [0.2, 0.25) is 5.91 Å². The zero-order chi connectivity index (χ0) is 26.5. The monoisotopic (exact) mass is 526 g/mol. The van der Waals surface area contributed by atoms with Crippen molar-refractivity contribution in [3.05, 3.63) is 107 Å². The van der Waals surface area contributed by atoms with E-state index in [4.69, 9.17) is 11.6 Å². The van der Waals surface area contributed by atoms with E-state index in [1.54, 1.807) is 28.8 Å². The van der Waals surface area contributed by atoms with Crippen LogP contribution in [0.2, 0.25) is 5.02 Å². The molecule has 0 saturated carbocycles. The fourth-order valence-electron chi connectivity index (χ4n) is 4.01. The molecule has 11 heteroatoms. The van der Waals surface area contributed by atoms with E-state index in [2.05, 4.69) is 30.9 Å². The van der Waals surface area contributed by atoms with E-state index in [9.17, 15) is 9.59 Å². The summed E-state index contributed by atoms with van der Waals surface area (Å²) < 4.78 is 3.12. The Morgan fingerprint density at radius 2 is 1.95 bits per heavy atom. The Hall–Kier alpha value is -4.70. The number of hydrogen-bond acceptors (Lipinski definition) is 7. The number of pyridine rings is 1. The van der Waals surface area contributed by atoms with E-state index in [1.165, 1.54) is 17.1 Å². The van der Waals surface area contributed by atoms with Gasteiger partial charge in [0.05, 0.1) is 18.2 Å². The average Bonchev–Trinajstić information content (AvgIpc) is 3.57. The zero-order valence-corrected chi connectivity index (χ0v) is 21.2. The van der Waals surface area contributed by atoms with Crippen LogP contribution in [0.25, 0.3) is 17.4 Å². The van der Waals surface area contributed by atoms with E-state index < -0.39 is 11.9 Å². The second kappa shape index (κ2) is 11.1. The quantitative estimate of drug-likeness (QED) is 0.293. The molecule has 5 aromatic rings.